The Morgan fingerprint density at radius 1 is 1.35 bits per heavy atom. The average Bonchev–Trinajstić information content (AvgIpc) is 2.34. The minimum absolute atomic E-state index is 0.0389. The van der Waals surface area contributed by atoms with Gasteiger partial charge in [0.2, 0.25) is 0 Å². The maximum absolute atomic E-state index is 9.06. The number of ether oxygens (including phenoxy) is 1. The molecule has 1 aromatic rings. The van der Waals surface area contributed by atoms with Crippen LogP contribution in [-0.2, 0) is 0 Å². The zero-order chi connectivity index (χ0) is 12.3. The molecule has 0 spiro atoms. The highest BCUT2D eigenvalue weighted by Gasteiger charge is 2.24. The molecule has 4 heteroatoms. The van der Waals surface area contributed by atoms with E-state index in [4.69, 9.17) is 15.7 Å². The highest BCUT2D eigenvalue weighted by atomic mass is 79.9. The summed E-state index contributed by atoms with van der Waals surface area (Å²) in [6.45, 7) is 0. The first-order valence-electron chi connectivity index (χ1n) is 5.82. The van der Waals surface area contributed by atoms with Crippen molar-refractivity contribution < 1.29 is 4.74 Å². The van der Waals surface area contributed by atoms with Crippen LogP contribution in [-0.4, -0.2) is 12.1 Å². The van der Waals surface area contributed by atoms with Crippen LogP contribution in [0.5, 0.6) is 5.75 Å². The van der Waals surface area contributed by atoms with Crippen molar-refractivity contribution in [2.24, 2.45) is 5.73 Å². The van der Waals surface area contributed by atoms with Gasteiger partial charge in [-0.3, -0.25) is 0 Å². The minimum atomic E-state index is 0.0389. The molecule has 0 aromatic heterocycles. The van der Waals surface area contributed by atoms with Gasteiger partial charge in [0.1, 0.15) is 17.9 Å². The van der Waals surface area contributed by atoms with Gasteiger partial charge >= 0.3 is 0 Å². The average molecular weight is 295 g/mol. The van der Waals surface area contributed by atoms with Crippen molar-refractivity contribution in [2.45, 2.75) is 37.8 Å². The van der Waals surface area contributed by atoms with Gasteiger partial charge in [0.05, 0.1) is 5.56 Å². The number of nitrogens with two attached hydrogens (primary N) is 1. The third-order valence-corrected chi connectivity index (χ3v) is 3.59. The van der Waals surface area contributed by atoms with Gasteiger partial charge in [0, 0.05) is 10.5 Å². The van der Waals surface area contributed by atoms with Crippen molar-refractivity contribution in [3.8, 4) is 11.8 Å². The molecule has 17 heavy (non-hydrogen) atoms. The molecule has 2 rings (SSSR count). The molecule has 2 unspecified atom stereocenters. The normalized spacial score (nSPS) is 24.1. The Kier molecular flexibility index (Phi) is 4.03. The Morgan fingerprint density at radius 2 is 2.12 bits per heavy atom. The maximum atomic E-state index is 9.06. The number of benzene rings is 1. The first-order chi connectivity index (χ1) is 8.20. The number of rotatable bonds is 2. The molecule has 2 atom stereocenters. The predicted octanol–water partition coefficient (Wildman–Crippen LogP) is 2.97. The molecular weight excluding hydrogens is 280 g/mol. The lowest BCUT2D eigenvalue weighted by Gasteiger charge is -2.29. The minimum Gasteiger partial charge on any atom is -0.487 e. The molecular formula is C13H15BrN2O. The summed E-state index contributed by atoms with van der Waals surface area (Å²) in [6.07, 6.45) is 4.34. The molecule has 0 aliphatic heterocycles. The lowest BCUT2D eigenvalue weighted by atomic mass is 9.93. The second-order valence-corrected chi connectivity index (χ2v) is 5.27. The molecule has 0 bridgehead atoms. The van der Waals surface area contributed by atoms with Crippen molar-refractivity contribution in [1.29, 1.82) is 5.26 Å². The van der Waals surface area contributed by atoms with Crippen molar-refractivity contribution in [3.05, 3.63) is 28.2 Å². The fourth-order valence-corrected chi connectivity index (χ4v) is 2.49. The van der Waals surface area contributed by atoms with E-state index in [0.29, 0.717) is 11.3 Å². The summed E-state index contributed by atoms with van der Waals surface area (Å²) in [6, 6.07) is 7.70. The fraction of sp³-hybridized carbons (Fsp3) is 0.462. The lowest BCUT2D eigenvalue weighted by molar-refractivity contribution is 0.132. The SMILES string of the molecule is N#Cc1cc(Br)ccc1OC1CCCCC1N. The molecule has 0 heterocycles. The maximum Gasteiger partial charge on any atom is 0.137 e. The molecule has 1 aliphatic carbocycles. The Balaban J connectivity index is 2.15. The zero-order valence-corrected chi connectivity index (χ0v) is 11.1. The van der Waals surface area contributed by atoms with Crippen LogP contribution in [0.4, 0.5) is 0 Å². The van der Waals surface area contributed by atoms with Gasteiger partial charge < -0.3 is 10.5 Å². The van der Waals surface area contributed by atoms with Crippen LogP contribution >= 0.6 is 15.9 Å². The summed E-state index contributed by atoms with van der Waals surface area (Å²) in [5, 5.41) is 9.06. The van der Waals surface area contributed by atoms with Crippen LogP contribution in [0.15, 0.2) is 22.7 Å². The first-order valence-corrected chi connectivity index (χ1v) is 6.62. The van der Waals surface area contributed by atoms with Gasteiger partial charge in [-0.1, -0.05) is 22.4 Å². The third-order valence-electron chi connectivity index (χ3n) is 3.09. The molecule has 90 valence electrons. The van der Waals surface area contributed by atoms with E-state index in [1.54, 1.807) is 6.07 Å². The number of nitriles is 1. The number of halogens is 1. The third kappa shape index (κ3) is 2.99. The molecule has 0 amide bonds. The fourth-order valence-electron chi connectivity index (χ4n) is 2.13. The van der Waals surface area contributed by atoms with E-state index in [1.165, 1.54) is 6.42 Å². The summed E-state index contributed by atoms with van der Waals surface area (Å²) < 4.78 is 6.76. The molecule has 0 saturated heterocycles. The van der Waals surface area contributed by atoms with Gasteiger partial charge in [-0.05, 0) is 37.5 Å². The largest absolute Gasteiger partial charge is 0.487 e. The molecule has 1 aliphatic rings. The summed E-state index contributed by atoms with van der Waals surface area (Å²) >= 11 is 3.34. The van der Waals surface area contributed by atoms with Crippen molar-refractivity contribution in [2.75, 3.05) is 0 Å². The monoisotopic (exact) mass is 294 g/mol. The topological polar surface area (TPSA) is 59.0 Å². The summed E-state index contributed by atoms with van der Waals surface area (Å²) in [7, 11) is 0. The van der Waals surface area contributed by atoms with Crippen LogP contribution in [0.1, 0.15) is 31.2 Å². The van der Waals surface area contributed by atoms with E-state index in [-0.39, 0.29) is 12.1 Å². The van der Waals surface area contributed by atoms with Gasteiger partial charge in [-0.25, -0.2) is 0 Å². The Hall–Kier alpha value is -1.05. The smallest absolute Gasteiger partial charge is 0.137 e. The van der Waals surface area contributed by atoms with Crippen molar-refractivity contribution in [3.63, 3.8) is 0 Å². The van der Waals surface area contributed by atoms with Gasteiger partial charge in [0.15, 0.2) is 0 Å². The van der Waals surface area contributed by atoms with Crippen molar-refractivity contribution in [1.82, 2.24) is 0 Å². The summed E-state index contributed by atoms with van der Waals surface area (Å²) in [4.78, 5) is 0. The van der Waals surface area contributed by atoms with E-state index in [2.05, 4.69) is 22.0 Å². The van der Waals surface area contributed by atoms with Crippen molar-refractivity contribution >= 4 is 15.9 Å². The second-order valence-electron chi connectivity index (χ2n) is 4.36. The molecule has 1 aromatic carbocycles. The number of hydrogen-bond acceptors (Lipinski definition) is 3. The van der Waals surface area contributed by atoms with E-state index in [9.17, 15) is 0 Å². The van der Waals surface area contributed by atoms with E-state index in [1.807, 2.05) is 12.1 Å². The molecule has 3 nitrogen and oxygen atoms in total. The second kappa shape index (κ2) is 5.52. The van der Waals surface area contributed by atoms with Crippen LogP contribution in [0.3, 0.4) is 0 Å². The molecule has 1 saturated carbocycles. The Bertz CT molecular complexity index is 442. The first kappa shape index (κ1) is 12.4. The molecule has 0 radical (unpaired) electrons. The van der Waals surface area contributed by atoms with Gasteiger partial charge in [0.25, 0.3) is 0 Å². The van der Waals surface area contributed by atoms with Gasteiger partial charge in [-0.2, -0.15) is 5.26 Å². The molecule has 2 N–H and O–H groups in total. The van der Waals surface area contributed by atoms with Crippen LogP contribution in [0.25, 0.3) is 0 Å². The molecule has 1 fully saturated rings. The lowest BCUT2D eigenvalue weighted by Crippen LogP contribution is -2.41. The highest BCUT2D eigenvalue weighted by molar-refractivity contribution is 9.10. The van der Waals surface area contributed by atoms with Crippen LogP contribution < -0.4 is 10.5 Å². The van der Waals surface area contributed by atoms with Gasteiger partial charge in [-0.15, -0.1) is 0 Å². The summed E-state index contributed by atoms with van der Waals surface area (Å²) in [5.74, 6) is 0.637. The number of nitrogens with zero attached hydrogens (tertiary/aromatic N) is 1. The highest BCUT2D eigenvalue weighted by Crippen LogP contribution is 2.27. The van der Waals surface area contributed by atoms with Crippen LogP contribution in [0.2, 0.25) is 0 Å². The standard InChI is InChI=1S/C13H15BrN2O/c14-10-5-6-12(9(7-10)8-15)17-13-4-2-1-3-11(13)16/h5-7,11,13H,1-4,16H2. The summed E-state index contributed by atoms with van der Waals surface area (Å²) in [5.41, 5.74) is 6.58. The zero-order valence-electron chi connectivity index (χ0n) is 9.53. The Morgan fingerprint density at radius 3 is 2.82 bits per heavy atom. The number of hydrogen-bond donors (Lipinski definition) is 1. The van der Waals surface area contributed by atoms with E-state index >= 15 is 0 Å². The quantitative estimate of drug-likeness (QED) is 0.912. The van der Waals surface area contributed by atoms with E-state index < -0.39 is 0 Å². The van der Waals surface area contributed by atoms with Crippen LogP contribution in [0, 0.1) is 11.3 Å². The predicted molar refractivity (Wildman–Crippen MR) is 69.7 cm³/mol. The Labute approximate surface area is 110 Å². The van der Waals surface area contributed by atoms with E-state index in [0.717, 1.165) is 23.7 Å².